The molecule has 2 aliphatic heterocycles. The molecule has 1 aromatic rings. The lowest BCUT2D eigenvalue weighted by atomic mass is 10.0. The molecule has 3 amide bonds. The maximum atomic E-state index is 12.7. The summed E-state index contributed by atoms with van der Waals surface area (Å²) in [5, 5.41) is 2.92. The maximum Gasteiger partial charge on any atom is 0.317 e. The summed E-state index contributed by atoms with van der Waals surface area (Å²) in [6, 6.07) is 7.38. The van der Waals surface area contributed by atoms with Crippen molar-refractivity contribution in [2.75, 3.05) is 46.2 Å². The molecule has 2 fully saturated rings. The topological polar surface area (TPSA) is 88.2 Å². The van der Waals surface area contributed by atoms with Gasteiger partial charge in [0.15, 0.2) is 0 Å². The Morgan fingerprint density at radius 3 is 2.50 bits per heavy atom. The van der Waals surface area contributed by atoms with Crippen LogP contribution >= 0.6 is 0 Å². The van der Waals surface area contributed by atoms with E-state index in [-0.39, 0.29) is 17.7 Å². The molecule has 2 saturated heterocycles. The number of urea groups is 1. The molecule has 0 saturated carbocycles. The molecule has 0 aliphatic carbocycles. The number of nitrogens with zero attached hydrogens (tertiary/aromatic N) is 2. The number of ether oxygens (including phenoxy) is 2. The van der Waals surface area contributed by atoms with Crippen molar-refractivity contribution in [3.05, 3.63) is 29.8 Å². The van der Waals surface area contributed by atoms with Gasteiger partial charge in [-0.25, -0.2) is 4.79 Å². The minimum absolute atomic E-state index is 0.0629. The van der Waals surface area contributed by atoms with E-state index in [1.54, 1.807) is 24.0 Å². The molecule has 3 rings (SSSR count). The number of carbonyl (C=O) groups excluding carboxylic acids is 2. The standard InChI is InChI=1S/C19H27N3O5S/c1-26-12-11-22-17(23)14-28(25)19(22)7-9-21(10-8-19)18(24)20-13-15-3-5-16(27-2)6-4-15/h3-6H,7-14H2,1-2H3,(H,20,24). The predicted octanol–water partition coefficient (Wildman–Crippen LogP) is 0.934. The summed E-state index contributed by atoms with van der Waals surface area (Å²) in [5.74, 6) is 0.745. The molecule has 1 spiro atoms. The van der Waals surface area contributed by atoms with E-state index in [0.29, 0.717) is 45.6 Å². The van der Waals surface area contributed by atoms with Gasteiger partial charge in [0.25, 0.3) is 0 Å². The predicted molar refractivity (Wildman–Crippen MR) is 105 cm³/mol. The molecule has 8 nitrogen and oxygen atoms in total. The molecule has 0 radical (unpaired) electrons. The Morgan fingerprint density at radius 2 is 1.89 bits per heavy atom. The first-order valence-corrected chi connectivity index (χ1v) is 10.7. The Bertz CT molecular complexity index is 732. The van der Waals surface area contributed by atoms with Crippen molar-refractivity contribution in [2.45, 2.75) is 24.3 Å². The van der Waals surface area contributed by atoms with Crippen molar-refractivity contribution >= 4 is 22.7 Å². The molecular weight excluding hydrogens is 382 g/mol. The van der Waals surface area contributed by atoms with Gasteiger partial charge in [0.05, 0.1) is 24.5 Å². The third-order valence-corrected chi connectivity index (χ3v) is 7.41. The normalized spacial score (nSPS) is 21.2. The molecule has 1 atom stereocenters. The van der Waals surface area contributed by atoms with Gasteiger partial charge in [-0.15, -0.1) is 0 Å². The van der Waals surface area contributed by atoms with E-state index in [1.165, 1.54) is 0 Å². The molecular formula is C19H27N3O5S. The highest BCUT2D eigenvalue weighted by Gasteiger charge is 2.52. The largest absolute Gasteiger partial charge is 0.497 e. The number of nitrogens with one attached hydrogen (secondary N) is 1. The van der Waals surface area contributed by atoms with Gasteiger partial charge in [-0.05, 0) is 17.7 Å². The van der Waals surface area contributed by atoms with Crippen molar-refractivity contribution in [2.24, 2.45) is 0 Å². The number of likely N-dealkylation sites (tertiary alicyclic amines) is 1. The molecule has 1 unspecified atom stereocenters. The Kier molecular flexibility index (Phi) is 6.56. The monoisotopic (exact) mass is 409 g/mol. The van der Waals surface area contributed by atoms with Crippen molar-refractivity contribution < 1.29 is 23.3 Å². The molecule has 1 aromatic carbocycles. The molecule has 28 heavy (non-hydrogen) atoms. The lowest BCUT2D eigenvalue weighted by Crippen LogP contribution is -2.57. The van der Waals surface area contributed by atoms with Crippen LogP contribution in [0.1, 0.15) is 18.4 Å². The van der Waals surface area contributed by atoms with E-state index in [2.05, 4.69) is 5.32 Å². The van der Waals surface area contributed by atoms with Crippen molar-refractivity contribution in [3.63, 3.8) is 0 Å². The molecule has 2 aliphatic rings. The average Bonchev–Trinajstić information content (AvgIpc) is 2.94. The number of hydrogen-bond acceptors (Lipinski definition) is 5. The third-order valence-electron chi connectivity index (χ3n) is 5.43. The summed E-state index contributed by atoms with van der Waals surface area (Å²) in [6.45, 7) is 2.21. The number of benzene rings is 1. The zero-order valence-electron chi connectivity index (χ0n) is 16.3. The molecule has 0 aromatic heterocycles. The Hall–Kier alpha value is -2.13. The van der Waals surface area contributed by atoms with E-state index in [1.807, 2.05) is 24.3 Å². The van der Waals surface area contributed by atoms with Crippen molar-refractivity contribution in [1.82, 2.24) is 15.1 Å². The second-order valence-corrected chi connectivity index (χ2v) is 8.71. The van der Waals surface area contributed by atoms with Gasteiger partial charge in [0, 0.05) is 46.1 Å². The Labute approximate surface area is 167 Å². The van der Waals surface area contributed by atoms with Gasteiger partial charge >= 0.3 is 6.03 Å². The van der Waals surface area contributed by atoms with E-state index < -0.39 is 15.7 Å². The zero-order valence-corrected chi connectivity index (χ0v) is 17.1. The van der Waals surface area contributed by atoms with E-state index in [9.17, 15) is 13.8 Å². The second-order valence-electron chi connectivity index (χ2n) is 6.97. The minimum atomic E-state index is -1.25. The van der Waals surface area contributed by atoms with Gasteiger partial charge in [-0.2, -0.15) is 0 Å². The van der Waals surface area contributed by atoms with Gasteiger partial charge in [-0.3, -0.25) is 9.00 Å². The molecule has 154 valence electrons. The average molecular weight is 410 g/mol. The van der Waals surface area contributed by atoms with E-state index in [4.69, 9.17) is 9.47 Å². The fourth-order valence-corrected chi connectivity index (χ4v) is 5.50. The quantitative estimate of drug-likeness (QED) is 0.755. The van der Waals surface area contributed by atoms with Crippen molar-refractivity contribution in [1.29, 1.82) is 0 Å². The Balaban J connectivity index is 1.55. The smallest absolute Gasteiger partial charge is 0.317 e. The first kappa shape index (κ1) is 20.6. The van der Waals surface area contributed by atoms with Crippen LogP contribution in [0.2, 0.25) is 0 Å². The Morgan fingerprint density at radius 1 is 1.21 bits per heavy atom. The van der Waals surface area contributed by atoms with Gasteiger partial charge in [0.1, 0.15) is 16.4 Å². The van der Waals surface area contributed by atoms with Crippen LogP contribution in [0.25, 0.3) is 0 Å². The summed E-state index contributed by atoms with van der Waals surface area (Å²) in [6.07, 6.45) is 1.04. The van der Waals surface area contributed by atoms with Gasteiger partial charge in [-0.1, -0.05) is 12.1 Å². The van der Waals surface area contributed by atoms with Crippen LogP contribution in [0.3, 0.4) is 0 Å². The summed E-state index contributed by atoms with van der Waals surface area (Å²) in [7, 11) is 1.95. The van der Waals surface area contributed by atoms with Crippen LogP contribution in [0.5, 0.6) is 5.75 Å². The summed E-state index contributed by atoms with van der Waals surface area (Å²) in [4.78, 5) is 27.5. The number of methoxy groups -OCH3 is 2. The number of carbonyl (C=O) groups is 2. The number of piperidine rings is 1. The highest BCUT2D eigenvalue weighted by molar-refractivity contribution is 7.87. The van der Waals surface area contributed by atoms with Gasteiger partial charge < -0.3 is 24.6 Å². The van der Waals surface area contributed by atoms with Crippen LogP contribution in [0.15, 0.2) is 24.3 Å². The fourth-order valence-electron chi connectivity index (χ4n) is 3.78. The molecule has 0 bridgehead atoms. The summed E-state index contributed by atoms with van der Waals surface area (Å²) in [5.41, 5.74) is 0.982. The second kappa shape index (κ2) is 8.91. The van der Waals surface area contributed by atoms with Crippen LogP contribution in [0.4, 0.5) is 4.79 Å². The van der Waals surface area contributed by atoms with Crippen LogP contribution < -0.4 is 10.1 Å². The molecule has 9 heteroatoms. The lowest BCUT2D eigenvalue weighted by molar-refractivity contribution is -0.131. The summed E-state index contributed by atoms with van der Waals surface area (Å²) < 4.78 is 22.9. The highest BCUT2D eigenvalue weighted by Crippen LogP contribution is 2.37. The number of hydrogen-bond donors (Lipinski definition) is 1. The van der Waals surface area contributed by atoms with Crippen LogP contribution in [0, 0.1) is 0 Å². The van der Waals surface area contributed by atoms with Crippen LogP contribution in [-0.2, 0) is 26.9 Å². The minimum Gasteiger partial charge on any atom is -0.497 e. The first-order chi connectivity index (χ1) is 13.5. The summed E-state index contributed by atoms with van der Waals surface area (Å²) >= 11 is 0. The fraction of sp³-hybridized carbons (Fsp3) is 0.579. The first-order valence-electron chi connectivity index (χ1n) is 9.34. The van der Waals surface area contributed by atoms with E-state index in [0.717, 1.165) is 11.3 Å². The van der Waals surface area contributed by atoms with Crippen LogP contribution in [-0.4, -0.2) is 77.0 Å². The number of amides is 3. The zero-order chi connectivity index (χ0) is 20.1. The molecule has 2 heterocycles. The SMILES string of the molecule is COCCN1C(=O)CS(=O)C12CCN(C(=O)NCc1ccc(OC)cc1)CC2. The van der Waals surface area contributed by atoms with Crippen molar-refractivity contribution in [3.8, 4) is 5.75 Å². The lowest BCUT2D eigenvalue weighted by Gasteiger charge is -2.43. The van der Waals surface area contributed by atoms with Gasteiger partial charge in [0.2, 0.25) is 5.91 Å². The number of rotatable bonds is 6. The maximum absolute atomic E-state index is 12.7. The third kappa shape index (κ3) is 4.15. The van der Waals surface area contributed by atoms with E-state index >= 15 is 0 Å². The molecule has 1 N–H and O–H groups in total. The highest BCUT2D eigenvalue weighted by atomic mass is 32.2.